The molecule has 2 fully saturated rings. The number of hydrogen-bond donors (Lipinski definition) is 0. The smallest absolute Gasteiger partial charge is 0.214 e. The van der Waals surface area contributed by atoms with Crippen molar-refractivity contribution >= 4 is 10.0 Å². The van der Waals surface area contributed by atoms with E-state index in [4.69, 9.17) is 0 Å². The Morgan fingerprint density at radius 3 is 2.79 bits per heavy atom. The summed E-state index contributed by atoms with van der Waals surface area (Å²) in [5.74, 6) is 0.965. The van der Waals surface area contributed by atoms with Gasteiger partial charge >= 0.3 is 0 Å². The molecule has 19 heavy (non-hydrogen) atoms. The minimum Gasteiger partial charge on any atom is -0.248 e. The fourth-order valence-corrected chi connectivity index (χ4v) is 4.35. The van der Waals surface area contributed by atoms with E-state index >= 15 is 0 Å². The third kappa shape index (κ3) is 3.14. The fraction of sp³-hybridized carbons (Fsp3) is 0.833. The Bertz CT molecular complexity index is 510. The molecular weight excluding hydrogens is 264 g/mol. The maximum atomic E-state index is 12.3. The van der Waals surface area contributed by atoms with Gasteiger partial charge in [0.15, 0.2) is 0 Å². The van der Waals surface area contributed by atoms with Gasteiger partial charge in [0.1, 0.15) is 0 Å². The summed E-state index contributed by atoms with van der Waals surface area (Å²) in [5, 5.41) is 7.78. The van der Waals surface area contributed by atoms with Gasteiger partial charge in [-0.2, -0.15) is 4.31 Å². The van der Waals surface area contributed by atoms with Crippen LogP contribution in [0.5, 0.6) is 0 Å². The van der Waals surface area contributed by atoms with Gasteiger partial charge in [-0.25, -0.2) is 13.1 Å². The van der Waals surface area contributed by atoms with Gasteiger partial charge in [0.05, 0.1) is 18.0 Å². The zero-order chi connectivity index (χ0) is 13.3. The van der Waals surface area contributed by atoms with Gasteiger partial charge in [0.2, 0.25) is 10.0 Å². The van der Waals surface area contributed by atoms with E-state index in [0.717, 1.165) is 19.3 Å². The van der Waals surface area contributed by atoms with Crippen LogP contribution in [0.4, 0.5) is 0 Å². The molecule has 0 radical (unpaired) electrons. The number of hydrogen-bond acceptors (Lipinski definition) is 4. The zero-order valence-electron chi connectivity index (χ0n) is 11.0. The molecule has 1 saturated carbocycles. The summed E-state index contributed by atoms with van der Waals surface area (Å²) < 4.78 is 28.1. The van der Waals surface area contributed by atoms with E-state index in [1.807, 2.05) is 6.20 Å². The van der Waals surface area contributed by atoms with Crippen LogP contribution in [-0.4, -0.2) is 46.6 Å². The molecule has 6 nitrogen and oxygen atoms in total. The van der Waals surface area contributed by atoms with Crippen molar-refractivity contribution in [1.29, 1.82) is 0 Å². The highest BCUT2D eigenvalue weighted by Crippen LogP contribution is 2.33. The van der Waals surface area contributed by atoms with E-state index in [9.17, 15) is 8.42 Å². The SMILES string of the molecule is O=S(=O)(CCC1CC1)N1CCC[C@H](n2ccnn2)C1. The van der Waals surface area contributed by atoms with Crippen molar-refractivity contribution in [2.45, 2.75) is 38.1 Å². The van der Waals surface area contributed by atoms with E-state index in [-0.39, 0.29) is 6.04 Å². The van der Waals surface area contributed by atoms with Gasteiger partial charge in [-0.05, 0) is 25.2 Å². The summed E-state index contributed by atoms with van der Waals surface area (Å²) in [6.45, 7) is 1.19. The maximum absolute atomic E-state index is 12.3. The Kier molecular flexibility index (Phi) is 3.58. The Labute approximate surface area is 113 Å². The molecule has 2 aliphatic rings. The lowest BCUT2D eigenvalue weighted by Gasteiger charge is -2.31. The molecular formula is C12H20N4O2S. The Hall–Kier alpha value is -0.950. The summed E-state index contributed by atoms with van der Waals surface area (Å²) in [6.07, 6.45) is 8.55. The highest BCUT2D eigenvalue weighted by Gasteiger charge is 2.31. The topological polar surface area (TPSA) is 68.1 Å². The molecule has 0 bridgehead atoms. The first-order chi connectivity index (χ1) is 9.15. The first kappa shape index (κ1) is 13.1. The van der Waals surface area contributed by atoms with Crippen LogP contribution in [0.1, 0.15) is 38.1 Å². The van der Waals surface area contributed by atoms with Gasteiger partial charge < -0.3 is 0 Å². The lowest BCUT2D eigenvalue weighted by atomic mass is 10.1. The van der Waals surface area contributed by atoms with Crippen molar-refractivity contribution in [3.8, 4) is 0 Å². The number of rotatable bonds is 5. The van der Waals surface area contributed by atoms with Crippen LogP contribution >= 0.6 is 0 Å². The Morgan fingerprint density at radius 2 is 2.11 bits per heavy atom. The number of aromatic nitrogens is 3. The molecule has 1 atom stereocenters. The van der Waals surface area contributed by atoms with E-state index in [2.05, 4.69) is 10.3 Å². The monoisotopic (exact) mass is 284 g/mol. The van der Waals surface area contributed by atoms with Crippen LogP contribution in [0.15, 0.2) is 12.4 Å². The lowest BCUT2D eigenvalue weighted by Crippen LogP contribution is -2.42. The molecule has 0 amide bonds. The quantitative estimate of drug-likeness (QED) is 0.810. The minimum absolute atomic E-state index is 0.131. The van der Waals surface area contributed by atoms with Crippen molar-refractivity contribution in [1.82, 2.24) is 19.3 Å². The average Bonchev–Trinajstić information content (AvgIpc) is 3.09. The molecule has 0 unspecified atom stereocenters. The summed E-state index contributed by atoms with van der Waals surface area (Å²) in [6, 6.07) is 0.131. The Morgan fingerprint density at radius 1 is 1.26 bits per heavy atom. The highest BCUT2D eigenvalue weighted by atomic mass is 32.2. The van der Waals surface area contributed by atoms with Crippen molar-refractivity contribution in [2.24, 2.45) is 5.92 Å². The van der Waals surface area contributed by atoms with Crippen molar-refractivity contribution in [2.75, 3.05) is 18.8 Å². The third-order valence-electron chi connectivity index (χ3n) is 4.05. The summed E-state index contributed by atoms with van der Waals surface area (Å²) in [4.78, 5) is 0. The van der Waals surface area contributed by atoms with Gasteiger partial charge in [-0.3, -0.25) is 0 Å². The summed E-state index contributed by atoms with van der Waals surface area (Å²) in [7, 11) is -3.09. The molecule has 1 saturated heterocycles. The predicted molar refractivity (Wildman–Crippen MR) is 71.0 cm³/mol. The number of piperidine rings is 1. The van der Waals surface area contributed by atoms with Crippen LogP contribution in [0.3, 0.4) is 0 Å². The second-order valence-electron chi connectivity index (χ2n) is 5.59. The molecule has 1 aromatic rings. The molecule has 0 spiro atoms. The highest BCUT2D eigenvalue weighted by molar-refractivity contribution is 7.89. The summed E-state index contributed by atoms with van der Waals surface area (Å²) in [5.41, 5.74) is 0. The summed E-state index contributed by atoms with van der Waals surface area (Å²) >= 11 is 0. The van der Waals surface area contributed by atoms with Crippen LogP contribution in [0.2, 0.25) is 0 Å². The van der Waals surface area contributed by atoms with Crippen molar-refractivity contribution < 1.29 is 8.42 Å². The molecule has 3 rings (SSSR count). The zero-order valence-corrected chi connectivity index (χ0v) is 11.8. The largest absolute Gasteiger partial charge is 0.248 e. The fourth-order valence-electron chi connectivity index (χ4n) is 2.65. The first-order valence-electron chi connectivity index (χ1n) is 6.99. The molecule has 2 heterocycles. The number of nitrogens with zero attached hydrogens (tertiary/aromatic N) is 4. The van der Waals surface area contributed by atoms with Crippen LogP contribution < -0.4 is 0 Å². The van der Waals surface area contributed by atoms with E-state index < -0.39 is 10.0 Å². The standard InChI is InChI=1S/C12H20N4O2S/c17-19(18,9-5-11-3-4-11)15-7-1-2-12(10-15)16-8-6-13-14-16/h6,8,11-12H,1-5,7,9-10H2/t12-/m0/s1. The van der Waals surface area contributed by atoms with Crippen LogP contribution in [0.25, 0.3) is 0 Å². The average molecular weight is 284 g/mol. The van der Waals surface area contributed by atoms with Gasteiger partial charge in [0, 0.05) is 19.3 Å². The maximum Gasteiger partial charge on any atom is 0.214 e. The van der Waals surface area contributed by atoms with Gasteiger partial charge in [-0.1, -0.05) is 18.1 Å². The van der Waals surface area contributed by atoms with Gasteiger partial charge in [-0.15, -0.1) is 5.10 Å². The normalized spacial score (nSPS) is 25.6. The van der Waals surface area contributed by atoms with E-state index in [1.54, 1.807) is 15.2 Å². The lowest BCUT2D eigenvalue weighted by molar-refractivity contribution is 0.251. The minimum atomic E-state index is -3.09. The number of sulfonamides is 1. The van der Waals surface area contributed by atoms with E-state index in [0.29, 0.717) is 24.8 Å². The second kappa shape index (κ2) is 5.20. The first-order valence-corrected chi connectivity index (χ1v) is 8.60. The molecule has 0 aromatic carbocycles. The van der Waals surface area contributed by atoms with Crippen LogP contribution in [-0.2, 0) is 10.0 Å². The van der Waals surface area contributed by atoms with E-state index in [1.165, 1.54) is 12.8 Å². The molecule has 1 aromatic heterocycles. The molecule has 1 aliphatic carbocycles. The van der Waals surface area contributed by atoms with Crippen molar-refractivity contribution in [3.05, 3.63) is 12.4 Å². The predicted octanol–water partition coefficient (Wildman–Crippen LogP) is 1.04. The van der Waals surface area contributed by atoms with Crippen LogP contribution in [0, 0.1) is 5.92 Å². The third-order valence-corrected chi connectivity index (χ3v) is 5.92. The second-order valence-corrected chi connectivity index (χ2v) is 7.67. The molecule has 7 heteroatoms. The molecule has 0 N–H and O–H groups in total. The van der Waals surface area contributed by atoms with Gasteiger partial charge in [0.25, 0.3) is 0 Å². The molecule has 1 aliphatic heterocycles. The van der Waals surface area contributed by atoms with Crippen molar-refractivity contribution in [3.63, 3.8) is 0 Å². The molecule has 106 valence electrons. The Balaban J connectivity index is 1.63.